The van der Waals surface area contributed by atoms with Gasteiger partial charge in [0.1, 0.15) is 12.0 Å². The van der Waals surface area contributed by atoms with Gasteiger partial charge in [-0.3, -0.25) is 14.8 Å². The molecule has 0 radical (unpaired) electrons. The zero-order valence-electron chi connectivity index (χ0n) is 30.0. The molecule has 11 heteroatoms. The van der Waals surface area contributed by atoms with Crippen molar-refractivity contribution in [3.8, 4) is 22.8 Å². The standard InChI is InChI=1S/C39H54N8O3/c1-24-27(10-12-31(44-24)35-42-23-43-46-35)32-21-40-36-37(45-32)47(34(49)22-41-36)18-6-4-5-7-19-50-33-13-11-29-28-9-8-25-20-26(48)14-16-38(25,2)30(28)15-17-39(29,33)3/h10,12,21,23,25-26,28-30,33,48H,4-9,11,13-20,22H2,1-3H3,(H,40,41)(H,42,43,46)/t25-,26?,28-,29-,30-,33-,38-,39-/m0/s1. The van der Waals surface area contributed by atoms with E-state index in [1.807, 2.05) is 19.1 Å². The van der Waals surface area contributed by atoms with Gasteiger partial charge in [-0.1, -0.05) is 26.7 Å². The summed E-state index contributed by atoms with van der Waals surface area (Å²) < 4.78 is 6.72. The molecule has 1 unspecified atom stereocenters. The first kappa shape index (κ1) is 33.7. The fourth-order valence-corrected chi connectivity index (χ4v) is 11.1. The highest BCUT2D eigenvalue weighted by Crippen LogP contribution is 2.66. The number of nitrogens with zero attached hydrogens (tertiary/aromatic N) is 6. The van der Waals surface area contributed by atoms with Crippen molar-refractivity contribution in [2.45, 2.75) is 116 Å². The number of fused-ring (bicyclic) bond motifs is 6. The molecule has 8 rings (SSSR count). The predicted molar refractivity (Wildman–Crippen MR) is 192 cm³/mol. The maximum absolute atomic E-state index is 13.0. The van der Waals surface area contributed by atoms with Gasteiger partial charge in [0.05, 0.1) is 30.6 Å². The first-order chi connectivity index (χ1) is 24.2. The number of rotatable bonds is 10. The molecule has 1 amide bonds. The Hall–Kier alpha value is -3.44. The van der Waals surface area contributed by atoms with Crippen LogP contribution < -0.4 is 10.2 Å². The monoisotopic (exact) mass is 682 g/mol. The maximum Gasteiger partial charge on any atom is 0.247 e. The number of aromatic nitrogens is 6. The second kappa shape index (κ2) is 13.6. The van der Waals surface area contributed by atoms with Crippen LogP contribution in [0.5, 0.6) is 0 Å². The van der Waals surface area contributed by atoms with Crippen LogP contribution in [0.1, 0.15) is 103 Å². The summed E-state index contributed by atoms with van der Waals surface area (Å²) in [5, 5.41) is 20.3. The molecule has 4 saturated carbocycles. The minimum atomic E-state index is -0.0733. The molecule has 4 aliphatic carbocycles. The van der Waals surface area contributed by atoms with E-state index >= 15 is 0 Å². The molecule has 0 aromatic carbocycles. The van der Waals surface area contributed by atoms with Crippen molar-refractivity contribution >= 4 is 17.5 Å². The summed E-state index contributed by atoms with van der Waals surface area (Å²) in [6.07, 6.45) is 18.7. The summed E-state index contributed by atoms with van der Waals surface area (Å²) in [6.45, 7) is 8.74. The van der Waals surface area contributed by atoms with Gasteiger partial charge in [-0.15, -0.1) is 0 Å². The number of carbonyl (C=O) groups is 1. The first-order valence-corrected chi connectivity index (χ1v) is 19.3. The number of ether oxygens (including phenoxy) is 1. The van der Waals surface area contributed by atoms with Crippen molar-refractivity contribution in [2.75, 3.05) is 29.9 Å². The Balaban J connectivity index is 0.821. The van der Waals surface area contributed by atoms with Crippen molar-refractivity contribution in [3.05, 3.63) is 30.4 Å². The third kappa shape index (κ3) is 6.02. The van der Waals surface area contributed by atoms with Crippen LogP contribution in [0.25, 0.3) is 22.8 Å². The van der Waals surface area contributed by atoms with Crippen LogP contribution in [0.15, 0.2) is 24.7 Å². The van der Waals surface area contributed by atoms with Crippen LogP contribution in [0.4, 0.5) is 11.6 Å². The van der Waals surface area contributed by atoms with E-state index in [-0.39, 0.29) is 18.6 Å². The molecule has 11 nitrogen and oxygen atoms in total. The summed E-state index contributed by atoms with van der Waals surface area (Å²) in [4.78, 5) is 33.3. The number of aliphatic hydroxyl groups is 1. The molecule has 50 heavy (non-hydrogen) atoms. The van der Waals surface area contributed by atoms with Gasteiger partial charge in [0, 0.05) is 24.4 Å². The van der Waals surface area contributed by atoms with Crippen LogP contribution in [0.3, 0.4) is 0 Å². The zero-order valence-corrected chi connectivity index (χ0v) is 30.0. The third-order valence-electron chi connectivity index (χ3n) is 13.9. The smallest absolute Gasteiger partial charge is 0.247 e. The van der Waals surface area contributed by atoms with E-state index in [1.165, 1.54) is 51.3 Å². The van der Waals surface area contributed by atoms with E-state index < -0.39 is 0 Å². The van der Waals surface area contributed by atoms with Gasteiger partial charge in [0.25, 0.3) is 0 Å². The number of aliphatic hydroxyl groups excluding tert-OH is 1. The van der Waals surface area contributed by atoms with Crippen LogP contribution >= 0.6 is 0 Å². The van der Waals surface area contributed by atoms with E-state index in [4.69, 9.17) is 14.7 Å². The Morgan fingerprint density at radius 1 is 0.940 bits per heavy atom. The number of pyridine rings is 1. The SMILES string of the molecule is Cc1nc(-c2ncn[nH]2)ccc1-c1cnc2c(n1)N(CCCCCCO[C@H]1CC[C@H]3[C@@H]4CC[C@H]5CC(O)CC[C@]5(C)[C@H]4CC[C@]13C)C(=O)CN2. The van der Waals surface area contributed by atoms with Crippen molar-refractivity contribution in [1.29, 1.82) is 0 Å². The van der Waals surface area contributed by atoms with Crippen LogP contribution in [0, 0.1) is 41.4 Å². The number of amides is 1. The molecule has 0 saturated heterocycles. The van der Waals surface area contributed by atoms with Crippen molar-refractivity contribution < 1.29 is 14.6 Å². The number of hydrogen-bond acceptors (Lipinski definition) is 9. The van der Waals surface area contributed by atoms with E-state index in [0.717, 1.165) is 74.1 Å². The van der Waals surface area contributed by atoms with Gasteiger partial charge >= 0.3 is 0 Å². The Kier molecular flexibility index (Phi) is 9.16. The molecule has 3 N–H and O–H groups in total. The molecule has 268 valence electrons. The van der Waals surface area contributed by atoms with E-state index in [2.05, 4.69) is 39.3 Å². The Morgan fingerprint density at radius 2 is 1.78 bits per heavy atom. The molecule has 8 atom stereocenters. The van der Waals surface area contributed by atoms with Gasteiger partial charge < -0.3 is 15.2 Å². The summed E-state index contributed by atoms with van der Waals surface area (Å²) in [7, 11) is 0. The normalized spacial score (nSPS) is 33.3. The average Bonchev–Trinajstić information content (AvgIpc) is 3.77. The molecular weight excluding hydrogens is 628 g/mol. The van der Waals surface area contributed by atoms with Gasteiger partial charge in [-0.05, 0) is 124 Å². The molecule has 3 aromatic rings. The van der Waals surface area contributed by atoms with Crippen LogP contribution in [-0.2, 0) is 9.53 Å². The molecule has 5 aliphatic rings. The first-order valence-electron chi connectivity index (χ1n) is 19.3. The van der Waals surface area contributed by atoms with Crippen LogP contribution in [-0.4, -0.2) is 73.1 Å². The molecule has 0 bridgehead atoms. The molecule has 1 aliphatic heterocycles. The van der Waals surface area contributed by atoms with Gasteiger partial charge in [-0.2, -0.15) is 5.10 Å². The lowest BCUT2D eigenvalue weighted by atomic mass is 9.45. The van der Waals surface area contributed by atoms with Crippen molar-refractivity contribution in [3.63, 3.8) is 0 Å². The predicted octanol–water partition coefficient (Wildman–Crippen LogP) is 6.74. The lowest BCUT2D eigenvalue weighted by molar-refractivity contribution is -0.141. The van der Waals surface area contributed by atoms with Gasteiger partial charge in [0.2, 0.25) is 5.91 Å². The van der Waals surface area contributed by atoms with Crippen molar-refractivity contribution in [2.24, 2.45) is 34.5 Å². The molecule has 3 aromatic heterocycles. The second-order valence-corrected chi connectivity index (χ2v) is 16.5. The number of aromatic amines is 1. The van der Waals surface area contributed by atoms with Gasteiger partial charge in [-0.25, -0.2) is 19.9 Å². The second-order valence-electron chi connectivity index (χ2n) is 16.5. The van der Waals surface area contributed by atoms with E-state index in [0.29, 0.717) is 58.2 Å². The molecule has 4 fully saturated rings. The highest BCUT2D eigenvalue weighted by atomic mass is 16.5. The fraction of sp³-hybridized carbons (Fsp3) is 0.692. The summed E-state index contributed by atoms with van der Waals surface area (Å²) >= 11 is 0. The highest BCUT2D eigenvalue weighted by molar-refractivity contribution is 6.00. The summed E-state index contributed by atoms with van der Waals surface area (Å²) in [6, 6.07) is 3.85. The maximum atomic E-state index is 13.0. The fourth-order valence-electron chi connectivity index (χ4n) is 11.1. The zero-order chi connectivity index (χ0) is 34.5. The Labute approximate surface area is 295 Å². The molecule has 0 spiro atoms. The lowest BCUT2D eigenvalue weighted by Crippen LogP contribution is -2.54. The number of nitrogens with one attached hydrogen (secondary N) is 2. The minimum absolute atomic E-state index is 0.0186. The minimum Gasteiger partial charge on any atom is -0.393 e. The number of carbonyl (C=O) groups excluding carboxylic acids is 1. The highest BCUT2D eigenvalue weighted by Gasteiger charge is 2.60. The topological polar surface area (TPSA) is 142 Å². The Morgan fingerprint density at radius 3 is 2.62 bits per heavy atom. The Bertz CT molecular complexity index is 1680. The molecular formula is C39H54N8O3. The number of unbranched alkanes of at least 4 members (excludes halogenated alkanes) is 3. The number of H-pyrrole nitrogens is 1. The molecule has 4 heterocycles. The largest absolute Gasteiger partial charge is 0.393 e. The quantitative estimate of drug-likeness (QED) is 0.198. The number of hydrogen-bond donors (Lipinski definition) is 3. The number of anilines is 2. The summed E-state index contributed by atoms with van der Waals surface area (Å²) in [5.41, 5.74) is 3.79. The lowest BCUT2D eigenvalue weighted by Gasteiger charge is -2.60. The van der Waals surface area contributed by atoms with Crippen LogP contribution in [0.2, 0.25) is 0 Å². The van der Waals surface area contributed by atoms with E-state index in [9.17, 15) is 9.90 Å². The van der Waals surface area contributed by atoms with E-state index in [1.54, 1.807) is 11.1 Å². The summed E-state index contributed by atoms with van der Waals surface area (Å²) in [5.74, 6) is 5.03. The third-order valence-corrected chi connectivity index (χ3v) is 13.9. The number of aryl methyl sites for hydroxylation is 1. The van der Waals surface area contributed by atoms with Gasteiger partial charge in [0.15, 0.2) is 17.5 Å². The van der Waals surface area contributed by atoms with Crippen molar-refractivity contribution in [1.82, 2.24) is 30.1 Å². The average molecular weight is 683 g/mol.